The zero-order chi connectivity index (χ0) is 15.8. The van der Waals surface area contributed by atoms with E-state index >= 15 is 0 Å². The summed E-state index contributed by atoms with van der Waals surface area (Å²) < 4.78 is 0. The third-order valence-electron chi connectivity index (χ3n) is 3.92. The molecular weight excluding hydrogens is 351 g/mol. The van der Waals surface area contributed by atoms with Gasteiger partial charge >= 0.3 is 0 Å². The van der Waals surface area contributed by atoms with Gasteiger partial charge in [0.15, 0.2) is 0 Å². The SMILES string of the molecule is Clc1ccc(Nc2ncnc3sc4c(c23)CCCNC4)cc1Cl. The topological polar surface area (TPSA) is 49.8 Å². The van der Waals surface area contributed by atoms with Crippen LogP contribution in [0.15, 0.2) is 24.5 Å². The van der Waals surface area contributed by atoms with Crippen molar-refractivity contribution in [2.45, 2.75) is 19.4 Å². The fraction of sp³-hybridized carbons (Fsp3) is 0.250. The van der Waals surface area contributed by atoms with Crippen LogP contribution >= 0.6 is 34.5 Å². The van der Waals surface area contributed by atoms with Gasteiger partial charge in [0.2, 0.25) is 0 Å². The molecular formula is C16H14Cl2N4S. The van der Waals surface area contributed by atoms with Gasteiger partial charge in [0, 0.05) is 17.1 Å². The Balaban J connectivity index is 1.80. The van der Waals surface area contributed by atoms with Crippen LogP contribution in [0.3, 0.4) is 0 Å². The number of halogens is 2. The minimum absolute atomic E-state index is 0.523. The molecule has 1 aliphatic rings. The molecule has 0 bridgehead atoms. The molecule has 0 atom stereocenters. The molecule has 0 aliphatic carbocycles. The van der Waals surface area contributed by atoms with Crippen molar-refractivity contribution in [3.63, 3.8) is 0 Å². The lowest BCUT2D eigenvalue weighted by Gasteiger charge is -2.09. The van der Waals surface area contributed by atoms with Crippen LogP contribution in [0.2, 0.25) is 10.0 Å². The van der Waals surface area contributed by atoms with E-state index in [-0.39, 0.29) is 0 Å². The molecule has 0 unspecified atom stereocenters. The van der Waals surface area contributed by atoms with E-state index in [0.29, 0.717) is 10.0 Å². The molecule has 4 nitrogen and oxygen atoms in total. The van der Waals surface area contributed by atoms with E-state index in [1.54, 1.807) is 23.7 Å². The fourth-order valence-electron chi connectivity index (χ4n) is 2.84. The average Bonchev–Trinajstić information content (AvgIpc) is 2.74. The van der Waals surface area contributed by atoms with E-state index in [4.69, 9.17) is 23.2 Å². The van der Waals surface area contributed by atoms with Gasteiger partial charge in [0.05, 0.1) is 15.4 Å². The number of nitrogens with zero attached hydrogens (tertiary/aromatic N) is 2. The van der Waals surface area contributed by atoms with Gasteiger partial charge in [-0.05, 0) is 43.1 Å². The predicted octanol–water partition coefficient (Wildman–Crippen LogP) is 4.78. The van der Waals surface area contributed by atoms with E-state index in [9.17, 15) is 0 Å². The first-order valence-corrected chi connectivity index (χ1v) is 8.97. The highest BCUT2D eigenvalue weighted by molar-refractivity contribution is 7.18. The minimum atomic E-state index is 0.523. The molecule has 0 spiro atoms. The van der Waals surface area contributed by atoms with E-state index in [1.165, 1.54) is 10.4 Å². The molecule has 0 amide bonds. The monoisotopic (exact) mass is 364 g/mol. The Morgan fingerprint density at radius 2 is 2.09 bits per heavy atom. The maximum Gasteiger partial charge on any atom is 0.142 e. The second-order valence-electron chi connectivity index (χ2n) is 5.44. The van der Waals surface area contributed by atoms with Crippen molar-refractivity contribution in [2.75, 3.05) is 11.9 Å². The Bertz CT molecular complexity index is 878. The predicted molar refractivity (Wildman–Crippen MR) is 97.2 cm³/mol. The van der Waals surface area contributed by atoms with Crippen molar-refractivity contribution in [3.8, 4) is 0 Å². The third-order valence-corrected chi connectivity index (χ3v) is 5.80. The van der Waals surface area contributed by atoms with Crippen LogP contribution in [0.5, 0.6) is 0 Å². The first-order chi connectivity index (χ1) is 11.2. The van der Waals surface area contributed by atoms with Crippen LogP contribution in [0, 0.1) is 0 Å². The number of rotatable bonds is 2. The van der Waals surface area contributed by atoms with Gasteiger partial charge in [-0.3, -0.25) is 0 Å². The molecule has 1 aliphatic heterocycles. The maximum atomic E-state index is 6.10. The van der Waals surface area contributed by atoms with Crippen molar-refractivity contribution in [1.29, 1.82) is 0 Å². The molecule has 2 aromatic heterocycles. The number of hydrogen-bond acceptors (Lipinski definition) is 5. The Kier molecular flexibility index (Phi) is 4.11. The number of fused-ring (bicyclic) bond motifs is 3. The molecule has 23 heavy (non-hydrogen) atoms. The van der Waals surface area contributed by atoms with E-state index in [0.717, 1.165) is 47.7 Å². The summed E-state index contributed by atoms with van der Waals surface area (Å²) in [6.45, 7) is 1.95. The van der Waals surface area contributed by atoms with E-state index in [2.05, 4.69) is 20.6 Å². The van der Waals surface area contributed by atoms with Gasteiger partial charge in [-0.1, -0.05) is 23.2 Å². The lowest BCUT2D eigenvalue weighted by atomic mass is 10.1. The number of hydrogen-bond donors (Lipinski definition) is 2. The molecule has 3 aromatic rings. The molecule has 0 saturated carbocycles. The average molecular weight is 365 g/mol. The van der Waals surface area contributed by atoms with Crippen LogP contribution in [0.25, 0.3) is 10.2 Å². The number of thiophene rings is 1. The van der Waals surface area contributed by atoms with Crippen LogP contribution in [-0.2, 0) is 13.0 Å². The Morgan fingerprint density at radius 3 is 2.96 bits per heavy atom. The summed E-state index contributed by atoms with van der Waals surface area (Å²) >= 11 is 13.8. The van der Waals surface area contributed by atoms with Crippen molar-refractivity contribution < 1.29 is 0 Å². The summed E-state index contributed by atoms with van der Waals surface area (Å²) in [6, 6.07) is 5.49. The number of benzene rings is 1. The van der Waals surface area contributed by atoms with E-state index in [1.807, 2.05) is 12.1 Å². The van der Waals surface area contributed by atoms with Crippen molar-refractivity contribution in [3.05, 3.63) is 45.0 Å². The maximum absolute atomic E-state index is 6.10. The normalized spacial score (nSPS) is 14.5. The molecule has 2 N–H and O–H groups in total. The Morgan fingerprint density at radius 1 is 1.17 bits per heavy atom. The second kappa shape index (κ2) is 6.24. The number of anilines is 2. The van der Waals surface area contributed by atoms with Crippen molar-refractivity contribution in [1.82, 2.24) is 15.3 Å². The standard InChI is InChI=1S/C16H14Cl2N4S/c17-11-4-3-9(6-12(11)18)22-15-14-10-2-1-5-19-7-13(10)23-16(14)21-8-20-15/h3-4,6,8,19H,1-2,5,7H2,(H,20,21,22). The van der Waals surface area contributed by atoms with Gasteiger partial charge < -0.3 is 10.6 Å². The number of aryl methyl sites for hydroxylation is 1. The zero-order valence-corrected chi connectivity index (χ0v) is 14.5. The van der Waals surface area contributed by atoms with Gasteiger partial charge in [-0.2, -0.15) is 0 Å². The van der Waals surface area contributed by atoms with Crippen LogP contribution in [-0.4, -0.2) is 16.5 Å². The summed E-state index contributed by atoms with van der Waals surface area (Å²) in [5, 5.41) is 9.01. The quantitative estimate of drug-likeness (QED) is 0.686. The lowest BCUT2D eigenvalue weighted by molar-refractivity contribution is 0.684. The zero-order valence-electron chi connectivity index (χ0n) is 12.2. The lowest BCUT2D eigenvalue weighted by Crippen LogP contribution is -2.11. The summed E-state index contributed by atoms with van der Waals surface area (Å²) in [5.41, 5.74) is 2.23. The van der Waals surface area contributed by atoms with E-state index < -0.39 is 0 Å². The van der Waals surface area contributed by atoms with Crippen molar-refractivity contribution in [2.24, 2.45) is 0 Å². The van der Waals surface area contributed by atoms with Gasteiger partial charge in [0.1, 0.15) is 17.0 Å². The fourth-order valence-corrected chi connectivity index (χ4v) is 4.30. The van der Waals surface area contributed by atoms with Crippen LogP contribution in [0.1, 0.15) is 16.9 Å². The largest absolute Gasteiger partial charge is 0.340 e. The molecule has 3 heterocycles. The molecule has 0 fully saturated rings. The highest BCUT2D eigenvalue weighted by Gasteiger charge is 2.19. The van der Waals surface area contributed by atoms with Gasteiger partial charge in [-0.25, -0.2) is 9.97 Å². The number of nitrogens with one attached hydrogen (secondary N) is 2. The minimum Gasteiger partial charge on any atom is -0.340 e. The summed E-state index contributed by atoms with van der Waals surface area (Å²) in [6.07, 6.45) is 3.77. The van der Waals surface area contributed by atoms with Gasteiger partial charge in [0.25, 0.3) is 0 Å². The summed E-state index contributed by atoms with van der Waals surface area (Å²) in [7, 11) is 0. The molecule has 118 valence electrons. The van der Waals surface area contributed by atoms with Gasteiger partial charge in [-0.15, -0.1) is 11.3 Å². The first kappa shape index (κ1) is 15.1. The van der Waals surface area contributed by atoms with Crippen LogP contribution < -0.4 is 10.6 Å². The van der Waals surface area contributed by atoms with Crippen LogP contribution in [0.4, 0.5) is 11.5 Å². The molecule has 1 aromatic carbocycles. The first-order valence-electron chi connectivity index (χ1n) is 7.40. The molecule has 4 rings (SSSR count). The molecule has 7 heteroatoms. The Hall–Kier alpha value is -1.40. The van der Waals surface area contributed by atoms with Crippen molar-refractivity contribution >= 4 is 56.3 Å². The molecule has 0 saturated heterocycles. The highest BCUT2D eigenvalue weighted by atomic mass is 35.5. The third kappa shape index (κ3) is 2.90. The molecule has 0 radical (unpaired) electrons. The summed E-state index contributed by atoms with van der Waals surface area (Å²) in [5.74, 6) is 0.827. The smallest absolute Gasteiger partial charge is 0.142 e. The number of aromatic nitrogens is 2. The highest BCUT2D eigenvalue weighted by Crippen LogP contribution is 2.37. The Labute approximate surface area is 147 Å². The second-order valence-corrected chi connectivity index (χ2v) is 7.34. The summed E-state index contributed by atoms with van der Waals surface area (Å²) in [4.78, 5) is 11.3.